The van der Waals surface area contributed by atoms with Gasteiger partial charge in [0, 0.05) is 19.4 Å². The van der Waals surface area contributed by atoms with Gasteiger partial charge in [0.2, 0.25) is 0 Å². The summed E-state index contributed by atoms with van der Waals surface area (Å²) in [6, 6.07) is 6.42. The number of rotatable bonds is 15. The summed E-state index contributed by atoms with van der Waals surface area (Å²) in [4.78, 5) is 6.96. The Morgan fingerprint density at radius 1 is 1.03 bits per heavy atom. The van der Waals surface area contributed by atoms with E-state index in [0.717, 1.165) is 57.7 Å². The number of likely N-dealkylation sites (tertiary alicyclic amines) is 1. The molecular weight excluding hydrogens is 484 g/mol. The van der Waals surface area contributed by atoms with Crippen molar-refractivity contribution in [1.29, 1.82) is 0 Å². The van der Waals surface area contributed by atoms with Gasteiger partial charge in [-0.25, -0.2) is 0 Å². The summed E-state index contributed by atoms with van der Waals surface area (Å²) in [5.74, 6) is -0.500. The summed E-state index contributed by atoms with van der Waals surface area (Å²) in [6.45, 7) is 16.8. The highest BCUT2D eigenvalue weighted by Gasteiger charge is 2.40. The first kappa shape index (κ1) is 34.0. The third-order valence-corrected chi connectivity index (χ3v) is 7.02. The molecule has 1 aliphatic heterocycles. The van der Waals surface area contributed by atoms with Gasteiger partial charge in [-0.3, -0.25) is 4.99 Å². The summed E-state index contributed by atoms with van der Waals surface area (Å²) < 4.78 is 38.5. The van der Waals surface area contributed by atoms with Crippen LogP contribution in [-0.2, 0) is 4.74 Å². The van der Waals surface area contributed by atoms with Gasteiger partial charge in [0.15, 0.2) is 0 Å². The predicted octanol–water partition coefficient (Wildman–Crippen LogP) is 8.22. The normalized spacial score (nSPS) is 16.5. The van der Waals surface area contributed by atoms with Crippen LogP contribution in [0.15, 0.2) is 41.0 Å². The molecule has 0 saturated carbocycles. The van der Waals surface area contributed by atoms with Crippen LogP contribution in [0.2, 0.25) is 0 Å². The van der Waals surface area contributed by atoms with Crippen LogP contribution in [0.5, 0.6) is 5.75 Å². The molecule has 0 spiro atoms. The Hall–Kier alpha value is -1.99. The predicted molar refractivity (Wildman–Crippen MR) is 157 cm³/mol. The van der Waals surface area contributed by atoms with Crippen molar-refractivity contribution in [3.63, 3.8) is 0 Å². The first-order chi connectivity index (χ1) is 18.2. The maximum Gasteiger partial charge on any atom is 0.400 e. The van der Waals surface area contributed by atoms with E-state index in [4.69, 9.17) is 15.2 Å². The molecule has 1 heterocycles. The average molecular weight is 538 g/mol. The molecule has 1 aromatic carbocycles. The van der Waals surface area contributed by atoms with Gasteiger partial charge in [0.1, 0.15) is 5.75 Å². The van der Waals surface area contributed by atoms with Crippen LogP contribution in [-0.4, -0.2) is 50.1 Å². The maximum absolute atomic E-state index is 14.2. The molecule has 7 heteroatoms. The van der Waals surface area contributed by atoms with Crippen molar-refractivity contribution in [1.82, 2.24) is 4.90 Å². The fraction of sp³-hybridized carbons (Fsp3) is 0.710. The first-order valence-corrected chi connectivity index (χ1v) is 14.6. The van der Waals surface area contributed by atoms with Gasteiger partial charge in [0.05, 0.1) is 11.6 Å². The number of nitrogens with zero attached hydrogens (tertiary/aromatic N) is 2. The molecule has 0 bridgehead atoms. The molecule has 218 valence electrons. The van der Waals surface area contributed by atoms with E-state index in [9.17, 15) is 8.78 Å². The number of alkyl halides is 2. The van der Waals surface area contributed by atoms with Crippen LogP contribution in [0, 0.1) is 17.8 Å². The summed E-state index contributed by atoms with van der Waals surface area (Å²) in [5, 5.41) is 0. The highest BCUT2D eigenvalue weighted by molar-refractivity contribution is 5.81. The zero-order valence-corrected chi connectivity index (χ0v) is 24.7. The standard InChI is InChI=1S/C23H35F2N3O.C8H18O/c1-5-12-28-13-10-19(11-14-28)20(15-26)16-27-21-6-8-22(9-7-21)29-23(24,25)18(4)17(2)3;1-3-5-6-8-9-7-4-2/h6-9,15-19H,5,10-14,26H2,1-4H3;3-8H2,1-2H3/b20-15+,27-16?;. The van der Waals surface area contributed by atoms with Crippen molar-refractivity contribution < 1.29 is 18.3 Å². The third-order valence-electron chi connectivity index (χ3n) is 7.02. The molecule has 38 heavy (non-hydrogen) atoms. The van der Waals surface area contributed by atoms with Crippen LogP contribution >= 0.6 is 0 Å². The van der Waals surface area contributed by atoms with E-state index in [-0.39, 0.29) is 11.7 Å². The molecule has 1 aromatic rings. The quantitative estimate of drug-likeness (QED) is 0.181. The topological polar surface area (TPSA) is 60.1 Å². The number of aliphatic imine (C=N–C) groups is 1. The molecule has 0 amide bonds. The summed E-state index contributed by atoms with van der Waals surface area (Å²) >= 11 is 0. The molecule has 2 rings (SSSR count). The fourth-order valence-corrected chi connectivity index (χ4v) is 4.18. The summed E-state index contributed by atoms with van der Waals surface area (Å²) in [6.07, 6.45) is 8.52. The van der Waals surface area contributed by atoms with Crippen molar-refractivity contribution >= 4 is 11.9 Å². The largest absolute Gasteiger partial charge is 0.432 e. The van der Waals surface area contributed by atoms with E-state index in [1.54, 1.807) is 38.4 Å². The molecular formula is C31H53F2N3O2. The van der Waals surface area contributed by atoms with Crippen molar-refractivity contribution in [2.45, 2.75) is 92.6 Å². The number of benzene rings is 1. The van der Waals surface area contributed by atoms with Crippen LogP contribution < -0.4 is 10.5 Å². The van der Waals surface area contributed by atoms with Gasteiger partial charge in [0.25, 0.3) is 0 Å². The number of ether oxygens (including phenoxy) is 2. The van der Waals surface area contributed by atoms with Gasteiger partial charge < -0.3 is 20.1 Å². The minimum Gasteiger partial charge on any atom is -0.432 e. The lowest BCUT2D eigenvalue weighted by atomic mass is 9.90. The Bertz CT molecular complexity index is 783. The van der Waals surface area contributed by atoms with Gasteiger partial charge in [-0.2, -0.15) is 8.78 Å². The van der Waals surface area contributed by atoms with Gasteiger partial charge in [-0.05, 0) is 99.6 Å². The fourth-order valence-electron chi connectivity index (χ4n) is 4.18. The number of hydrogen-bond acceptors (Lipinski definition) is 5. The second kappa shape index (κ2) is 19.1. The maximum atomic E-state index is 14.2. The minimum atomic E-state index is -3.21. The van der Waals surface area contributed by atoms with Gasteiger partial charge in [-0.15, -0.1) is 0 Å². The Morgan fingerprint density at radius 2 is 1.68 bits per heavy atom. The Balaban J connectivity index is 0.000000686. The molecule has 1 unspecified atom stereocenters. The first-order valence-electron chi connectivity index (χ1n) is 14.6. The highest BCUT2D eigenvalue weighted by Crippen LogP contribution is 2.33. The van der Waals surface area contributed by atoms with E-state index < -0.39 is 12.0 Å². The van der Waals surface area contributed by atoms with Crippen molar-refractivity contribution in [2.24, 2.45) is 28.5 Å². The van der Waals surface area contributed by atoms with E-state index in [1.807, 2.05) is 0 Å². The summed E-state index contributed by atoms with van der Waals surface area (Å²) in [7, 11) is 0. The monoisotopic (exact) mass is 537 g/mol. The number of piperidine rings is 1. The number of nitrogens with two attached hydrogens (primary N) is 1. The molecule has 1 aliphatic rings. The van der Waals surface area contributed by atoms with Crippen LogP contribution in [0.1, 0.15) is 86.5 Å². The molecule has 2 N–H and O–H groups in total. The lowest BCUT2D eigenvalue weighted by Crippen LogP contribution is -2.35. The van der Waals surface area contributed by atoms with Crippen molar-refractivity contribution in [2.75, 3.05) is 32.8 Å². The Kier molecular flexibility index (Phi) is 17.1. The number of allylic oxidation sites excluding steroid dienone is 1. The smallest absolute Gasteiger partial charge is 0.400 e. The van der Waals surface area contributed by atoms with E-state index in [2.05, 4.69) is 30.7 Å². The van der Waals surface area contributed by atoms with Crippen molar-refractivity contribution in [3.05, 3.63) is 36.0 Å². The molecule has 1 saturated heterocycles. The van der Waals surface area contributed by atoms with Crippen LogP contribution in [0.4, 0.5) is 14.5 Å². The highest BCUT2D eigenvalue weighted by atomic mass is 19.3. The third kappa shape index (κ3) is 13.2. The second-order valence-corrected chi connectivity index (χ2v) is 10.6. The van der Waals surface area contributed by atoms with E-state index in [1.165, 1.54) is 44.7 Å². The van der Waals surface area contributed by atoms with Gasteiger partial charge >= 0.3 is 6.11 Å². The van der Waals surface area contributed by atoms with Crippen LogP contribution in [0.3, 0.4) is 0 Å². The zero-order valence-electron chi connectivity index (χ0n) is 24.7. The van der Waals surface area contributed by atoms with Crippen molar-refractivity contribution in [3.8, 4) is 5.75 Å². The molecule has 1 fully saturated rings. The number of hydrogen-bond donors (Lipinski definition) is 1. The van der Waals surface area contributed by atoms with Crippen LogP contribution in [0.25, 0.3) is 0 Å². The molecule has 1 atom stereocenters. The molecule has 0 aromatic heterocycles. The Labute approximate surface area is 230 Å². The molecule has 5 nitrogen and oxygen atoms in total. The molecule has 0 radical (unpaired) electrons. The lowest BCUT2D eigenvalue weighted by molar-refractivity contribution is -0.220. The average Bonchev–Trinajstić information content (AvgIpc) is 2.90. The summed E-state index contributed by atoms with van der Waals surface area (Å²) in [5.41, 5.74) is 7.54. The lowest BCUT2D eigenvalue weighted by Gasteiger charge is -2.32. The molecule has 0 aliphatic carbocycles. The number of unbranched alkanes of at least 4 members (excludes halogenated alkanes) is 2. The number of halogens is 2. The Morgan fingerprint density at radius 3 is 2.21 bits per heavy atom. The van der Waals surface area contributed by atoms with Gasteiger partial charge in [-0.1, -0.05) is 54.4 Å². The minimum absolute atomic E-state index is 0.138. The van der Waals surface area contributed by atoms with E-state index >= 15 is 0 Å². The zero-order chi connectivity index (χ0) is 28.4. The second-order valence-electron chi connectivity index (χ2n) is 10.6. The van der Waals surface area contributed by atoms with E-state index in [0.29, 0.717) is 11.6 Å². The SMILES string of the molecule is CCCCCOCCC.CCCN1CCC(/C(C=Nc2ccc(OC(F)(F)C(C)C(C)C)cc2)=C/N)CC1.